The molecule has 1 heterocycles. The quantitative estimate of drug-likeness (QED) is 0.729. The van der Waals surface area contributed by atoms with E-state index in [1.807, 2.05) is 0 Å². The lowest BCUT2D eigenvalue weighted by atomic mass is 9.87. The fourth-order valence-electron chi connectivity index (χ4n) is 2.48. The van der Waals surface area contributed by atoms with Gasteiger partial charge in [0.05, 0.1) is 6.61 Å². The molecular weight excluding hydrogens is 188 g/mol. The van der Waals surface area contributed by atoms with Crippen molar-refractivity contribution >= 4 is 0 Å². The van der Waals surface area contributed by atoms with Gasteiger partial charge in [-0.3, -0.25) is 0 Å². The molecule has 0 aromatic heterocycles. The highest BCUT2D eigenvalue weighted by Gasteiger charge is 2.38. The molecule has 0 amide bonds. The maximum atomic E-state index is 9.56. The van der Waals surface area contributed by atoms with Crippen molar-refractivity contribution in [2.24, 2.45) is 0 Å². The van der Waals surface area contributed by atoms with E-state index in [1.165, 1.54) is 12.8 Å². The predicted molar refractivity (Wildman–Crippen MR) is 61.9 cm³/mol. The molecule has 1 saturated heterocycles. The van der Waals surface area contributed by atoms with Crippen LogP contribution < -0.4 is 5.32 Å². The third kappa shape index (κ3) is 2.71. The van der Waals surface area contributed by atoms with Crippen molar-refractivity contribution in [3.05, 3.63) is 0 Å². The molecule has 3 nitrogen and oxygen atoms in total. The number of nitrogens with zero attached hydrogens (tertiary/aromatic N) is 1. The van der Waals surface area contributed by atoms with Gasteiger partial charge in [0.2, 0.25) is 0 Å². The predicted octanol–water partition coefficient (Wildman–Crippen LogP) is 0.974. The SMILES string of the molecule is CC(C)N1CCC(CO)(NC2CC2)CC1. The molecule has 0 aromatic rings. The molecule has 1 aliphatic carbocycles. The van der Waals surface area contributed by atoms with Gasteiger partial charge in [0.1, 0.15) is 0 Å². The summed E-state index contributed by atoms with van der Waals surface area (Å²) in [5.41, 5.74) is 0.0343. The van der Waals surface area contributed by atoms with Crippen LogP contribution in [-0.2, 0) is 0 Å². The van der Waals surface area contributed by atoms with Gasteiger partial charge in [0.15, 0.2) is 0 Å². The molecule has 0 unspecified atom stereocenters. The summed E-state index contributed by atoms with van der Waals surface area (Å²) in [6.07, 6.45) is 4.79. The van der Waals surface area contributed by atoms with E-state index in [4.69, 9.17) is 0 Å². The van der Waals surface area contributed by atoms with Gasteiger partial charge >= 0.3 is 0 Å². The lowest BCUT2D eigenvalue weighted by molar-refractivity contribution is 0.0641. The zero-order valence-corrected chi connectivity index (χ0v) is 10.00. The van der Waals surface area contributed by atoms with E-state index in [0.717, 1.165) is 25.9 Å². The Balaban J connectivity index is 1.87. The van der Waals surface area contributed by atoms with Crippen molar-refractivity contribution in [2.75, 3.05) is 19.7 Å². The number of hydrogen-bond donors (Lipinski definition) is 2. The molecular formula is C12H24N2O. The van der Waals surface area contributed by atoms with Crippen molar-refractivity contribution in [3.63, 3.8) is 0 Å². The molecule has 0 aromatic carbocycles. The molecule has 2 N–H and O–H groups in total. The van der Waals surface area contributed by atoms with Gasteiger partial charge < -0.3 is 15.3 Å². The third-order valence-electron chi connectivity index (χ3n) is 3.88. The highest BCUT2D eigenvalue weighted by atomic mass is 16.3. The smallest absolute Gasteiger partial charge is 0.0614 e. The van der Waals surface area contributed by atoms with Crippen molar-refractivity contribution in [2.45, 2.75) is 57.2 Å². The van der Waals surface area contributed by atoms with E-state index in [-0.39, 0.29) is 5.54 Å². The number of aliphatic hydroxyl groups is 1. The zero-order chi connectivity index (χ0) is 10.9. The summed E-state index contributed by atoms with van der Waals surface area (Å²) < 4.78 is 0. The minimum atomic E-state index is 0.0343. The normalized spacial score (nSPS) is 27.2. The lowest BCUT2D eigenvalue weighted by Crippen LogP contribution is -2.57. The molecule has 15 heavy (non-hydrogen) atoms. The average molecular weight is 212 g/mol. The van der Waals surface area contributed by atoms with E-state index >= 15 is 0 Å². The highest BCUT2D eigenvalue weighted by molar-refractivity contribution is 4.98. The molecule has 0 bridgehead atoms. The first-order chi connectivity index (χ1) is 7.15. The Bertz CT molecular complexity index is 206. The van der Waals surface area contributed by atoms with Crippen LogP contribution in [0, 0.1) is 0 Å². The maximum Gasteiger partial charge on any atom is 0.0614 e. The van der Waals surface area contributed by atoms with Crippen molar-refractivity contribution < 1.29 is 5.11 Å². The summed E-state index contributed by atoms with van der Waals surface area (Å²) in [5, 5.41) is 13.2. The van der Waals surface area contributed by atoms with Crippen LogP contribution in [0.25, 0.3) is 0 Å². The van der Waals surface area contributed by atoms with Gasteiger partial charge in [0.25, 0.3) is 0 Å². The number of nitrogens with one attached hydrogen (secondary N) is 1. The molecule has 1 saturated carbocycles. The van der Waals surface area contributed by atoms with Crippen LogP contribution in [0.5, 0.6) is 0 Å². The number of hydrogen-bond acceptors (Lipinski definition) is 3. The van der Waals surface area contributed by atoms with Crippen LogP contribution in [0.4, 0.5) is 0 Å². The average Bonchev–Trinajstić information content (AvgIpc) is 3.02. The Labute approximate surface area is 92.8 Å². The van der Waals surface area contributed by atoms with Gasteiger partial charge in [0, 0.05) is 30.7 Å². The first-order valence-corrected chi connectivity index (χ1v) is 6.28. The van der Waals surface area contributed by atoms with Crippen molar-refractivity contribution in [3.8, 4) is 0 Å². The Kier molecular flexibility index (Phi) is 3.33. The zero-order valence-electron chi connectivity index (χ0n) is 10.00. The van der Waals surface area contributed by atoms with E-state index in [2.05, 4.69) is 24.1 Å². The highest BCUT2D eigenvalue weighted by Crippen LogP contribution is 2.29. The monoisotopic (exact) mass is 212 g/mol. The standard InChI is InChI=1S/C12H24N2O/c1-10(2)14-7-5-12(9-15,6-8-14)13-11-3-4-11/h10-11,13,15H,3-9H2,1-2H3. The number of likely N-dealkylation sites (tertiary alicyclic amines) is 1. The fraction of sp³-hybridized carbons (Fsp3) is 1.00. The van der Waals surface area contributed by atoms with E-state index in [0.29, 0.717) is 18.7 Å². The summed E-state index contributed by atoms with van der Waals surface area (Å²) in [6, 6.07) is 1.34. The molecule has 2 rings (SSSR count). The van der Waals surface area contributed by atoms with Crippen molar-refractivity contribution in [1.82, 2.24) is 10.2 Å². The van der Waals surface area contributed by atoms with Crippen LogP contribution in [0.1, 0.15) is 39.5 Å². The Hall–Kier alpha value is -0.120. The van der Waals surface area contributed by atoms with Crippen LogP contribution in [0.3, 0.4) is 0 Å². The minimum absolute atomic E-state index is 0.0343. The topological polar surface area (TPSA) is 35.5 Å². The van der Waals surface area contributed by atoms with E-state index < -0.39 is 0 Å². The van der Waals surface area contributed by atoms with E-state index in [1.54, 1.807) is 0 Å². The van der Waals surface area contributed by atoms with Gasteiger partial charge in [-0.05, 0) is 39.5 Å². The second-order valence-electron chi connectivity index (χ2n) is 5.49. The first-order valence-electron chi connectivity index (χ1n) is 6.28. The number of piperidine rings is 1. The molecule has 0 radical (unpaired) electrons. The summed E-state index contributed by atoms with van der Waals surface area (Å²) >= 11 is 0. The Morgan fingerprint density at radius 2 is 1.93 bits per heavy atom. The largest absolute Gasteiger partial charge is 0.394 e. The summed E-state index contributed by atoms with van der Waals surface area (Å²) in [7, 11) is 0. The second kappa shape index (κ2) is 4.40. The third-order valence-corrected chi connectivity index (χ3v) is 3.88. The molecule has 1 aliphatic heterocycles. The minimum Gasteiger partial charge on any atom is -0.394 e. The van der Waals surface area contributed by atoms with Crippen LogP contribution in [0.15, 0.2) is 0 Å². The Morgan fingerprint density at radius 3 is 2.33 bits per heavy atom. The Morgan fingerprint density at radius 1 is 1.33 bits per heavy atom. The summed E-state index contributed by atoms with van der Waals surface area (Å²) in [5.74, 6) is 0. The number of rotatable bonds is 4. The van der Waals surface area contributed by atoms with E-state index in [9.17, 15) is 5.11 Å². The van der Waals surface area contributed by atoms with Gasteiger partial charge in [-0.15, -0.1) is 0 Å². The van der Waals surface area contributed by atoms with Gasteiger partial charge in [-0.25, -0.2) is 0 Å². The molecule has 88 valence electrons. The fourth-order valence-corrected chi connectivity index (χ4v) is 2.48. The van der Waals surface area contributed by atoms with Crippen LogP contribution in [0.2, 0.25) is 0 Å². The molecule has 0 spiro atoms. The van der Waals surface area contributed by atoms with Crippen LogP contribution >= 0.6 is 0 Å². The van der Waals surface area contributed by atoms with Crippen molar-refractivity contribution in [1.29, 1.82) is 0 Å². The molecule has 0 atom stereocenters. The van der Waals surface area contributed by atoms with Crippen LogP contribution in [-0.4, -0.2) is 47.3 Å². The van der Waals surface area contributed by atoms with Gasteiger partial charge in [-0.1, -0.05) is 0 Å². The summed E-state index contributed by atoms with van der Waals surface area (Å²) in [6.45, 7) is 7.05. The molecule has 3 heteroatoms. The second-order valence-corrected chi connectivity index (χ2v) is 5.49. The lowest BCUT2D eigenvalue weighted by Gasteiger charge is -2.43. The summed E-state index contributed by atoms with van der Waals surface area (Å²) in [4.78, 5) is 2.50. The maximum absolute atomic E-state index is 9.56. The molecule has 2 aliphatic rings. The van der Waals surface area contributed by atoms with Gasteiger partial charge in [-0.2, -0.15) is 0 Å². The molecule has 2 fully saturated rings. The number of aliphatic hydroxyl groups excluding tert-OH is 1. The first kappa shape index (κ1) is 11.4.